The van der Waals surface area contributed by atoms with E-state index in [1.165, 1.54) is 0 Å². The summed E-state index contributed by atoms with van der Waals surface area (Å²) in [4.78, 5) is 43.8. The van der Waals surface area contributed by atoms with E-state index >= 15 is 0 Å². The van der Waals surface area contributed by atoms with Crippen molar-refractivity contribution in [2.45, 2.75) is 59.5 Å². The quantitative estimate of drug-likeness (QED) is 0.237. The van der Waals surface area contributed by atoms with Gasteiger partial charge in [0.1, 0.15) is 17.9 Å². The first-order valence-electron chi connectivity index (χ1n) is 12.8. The Hall–Kier alpha value is -3.30. The van der Waals surface area contributed by atoms with E-state index in [0.717, 1.165) is 12.8 Å². The zero-order chi connectivity index (χ0) is 28.7. The molecule has 0 atom stereocenters. The number of hydrogen-bond donors (Lipinski definition) is 1. The Morgan fingerprint density at radius 1 is 1.05 bits per heavy atom. The molecule has 210 valence electrons. The SMILES string of the molecule is CCCN(CCC)C(=O)Cc1c(-c2ccc(OC(=O)CNC(=O)OC(C)(C)C)cc2)nc2c(Cl)cc(Cl)cn12. The third-order valence-corrected chi connectivity index (χ3v) is 6.02. The number of alkyl carbamates (subject to hydrolysis) is 1. The number of nitrogens with one attached hydrogen (secondary N) is 1. The van der Waals surface area contributed by atoms with Crippen LogP contribution in [-0.4, -0.2) is 57.5 Å². The zero-order valence-corrected chi connectivity index (χ0v) is 24.4. The van der Waals surface area contributed by atoms with E-state index in [9.17, 15) is 14.4 Å². The van der Waals surface area contributed by atoms with E-state index in [4.69, 9.17) is 37.7 Å². The molecule has 0 aliphatic rings. The molecule has 2 amide bonds. The van der Waals surface area contributed by atoms with Gasteiger partial charge >= 0.3 is 12.1 Å². The van der Waals surface area contributed by atoms with Gasteiger partial charge in [-0.25, -0.2) is 14.6 Å². The van der Waals surface area contributed by atoms with Crippen molar-refractivity contribution < 1.29 is 23.9 Å². The number of carbonyl (C=O) groups is 3. The summed E-state index contributed by atoms with van der Waals surface area (Å²) >= 11 is 12.7. The summed E-state index contributed by atoms with van der Waals surface area (Å²) in [5.74, 6) is -0.379. The highest BCUT2D eigenvalue weighted by molar-refractivity contribution is 6.36. The maximum Gasteiger partial charge on any atom is 0.408 e. The first-order valence-corrected chi connectivity index (χ1v) is 13.6. The molecule has 1 N–H and O–H groups in total. The van der Waals surface area contributed by atoms with E-state index in [1.807, 2.05) is 18.7 Å². The molecule has 2 aromatic heterocycles. The number of esters is 1. The fourth-order valence-electron chi connectivity index (χ4n) is 3.98. The van der Waals surface area contributed by atoms with Crippen molar-refractivity contribution in [1.29, 1.82) is 0 Å². The van der Waals surface area contributed by atoms with E-state index in [1.54, 1.807) is 61.7 Å². The Morgan fingerprint density at radius 3 is 2.28 bits per heavy atom. The fraction of sp³-hybridized carbons (Fsp3) is 0.429. The van der Waals surface area contributed by atoms with Gasteiger partial charge in [-0.05, 0) is 63.9 Å². The third kappa shape index (κ3) is 8.34. The first kappa shape index (κ1) is 30.2. The van der Waals surface area contributed by atoms with Gasteiger partial charge in [-0.3, -0.25) is 4.79 Å². The molecule has 0 spiro atoms. The van der Waals surface area contributed by atoms with Gasteiger partial charge in [0, 0.05) is 24.8 Å². The molecular weight excluding hydrogens is 543 g/mol. The number of hydrogen-bond acceptors (Lipinski definition) is 6. The number of imidazole rings is 1. The summed E-state index contributed by atoms with van der Waals surface area (Å²) in [6.45, 7) is 10.3. The molecule has 0 fully saturated rings. The maximum atomic E-state index is 13.3. The van der Waals surface area contributed by atoms with Gasteiger partial charge in [0.05, 0.1) is 27.9 Å². The van der Waals surface area contributed by atoms with Crippen LogP contribution in [0.4, 0.5) is 4.79 Å². The van der Waals surface area contributed by atoms with Crippen LogP contribution in [0.5, 0.6) is 5.75 Å². The molecule has 0 aliphatic heterocycles. The number of halogens is 2. The number of amides is 2. The van der Waals surface area contributed by atoms with Gasteiger partial charge in [-0.15, -0.1) is 0 Å². The normalized spacial score (nSPS) is 11.4. The second kappa shape index (κ2) is 13.2. The number of rotatable bonds is 10. The molecule has 2 heterocycles. The van der Waals surface area contributed by atoms with Crippen LogP contribution < -0.4 is 10.1 Å². The lowest BCUT2D eigenvalue weighted by atomic mass is 10.1. The number of ether oxygens (including phenoxy) is 2. The van der Waals surface area contributed by atoms with Crippen LogP contribution >= 0.6 is 23.2 Å². The van der Waals surface area contributed by atoms with E-state index < -0.39 is 17.7 Å². The Kier molecular flexibility index (Phi) is 10.2. The summed E-state index contributed by atoms with van der Waals surface area (Å²) in [5, 5.41) is 3.15. The van der Waals surface area contributed by atoms with E-state index in [-0.39, 0.29) is 24.6 Å². The number of fused-ring (bicyclic) bond motifs is 1. The van der Waals surface area contributed by atoms with Crippen LogP contribution in [0.3, 0.4) is 0 Å². The summed E-state index contributed by atoms with van der Waals surface area (Å²) < 4.78 is 12.2. The van der Waals surface area contributed by atoms with Crippen molar-refractivity contribution in [1.82, 2.24) is 19.6 Å². The molecule has 0 bridgehead atoms. The molecular formula is C28H34Cl2N4O5. The lowest BCUT2D eigenvalue weighted by Crippen LogP contribution is -2.36. The Balaban J connectivity index is 1.84. The van der Waals surface area contributed by atoms with E-state index in [0.29, 0.717) is 45.7 Å². The zero-order valence-electron chi connectivity index (χ0n) is 22.8. The largest absolute Gasteiger partial charge is 0.444 e. The highest BCUT2D eigenvalue weighted by Gasteiger charge is 2.22. The Morgan fingerprint density at radius 2 is 1.69 bits per heavy atom. The summed E-state index contributed by atoms with van der Waals surface area (Å²) in [7, 11) is 0. The molecule has 3 aromatic rings. The molecule has 0 unspecified atom stereocenters. The van der Waals surface area contributed by atoms with Gasteiger partial charge in [0.25, 0.3) is 0 Å². The third-order valence-electron chi connectivity index (χ3n) is 5.53. The van der Waals surface area contributed by atoms with Gasteiger partial charge in [-0.2, -0.15) is 0 Å². The molecule has 0 saturated carbocycles. The van der Waals surface area contributed by atoms with Crippen molar-refractivity contribution in [3.05, 3.63) is 52.3 Å². The smallest absolute Gasteiger partial charge is 0.408 e. The van der Waals surface area contributed by atoms with Crippen molar-refractivity contribution in [3.8, 4) is 17.0 Å². The highest BCUT2D eigenvalue weighted by Crippen LogP contribution is 2.31. The molecule has 0 radical (unpaired) electrons. The average Bonchev–Trinajstić information content (AvgIpc) is 3.20. The van der Waals surface area contributed by atoms with Gasteiger partial charge < -0.3 is 24.1 Å². The molecule has 3 rings (SSSR count). The number of carbonyl (C=O) groups excluding carboxylic acids is 3. The standard InChI is InChI=1S/C28H34Cl2N4O5/c1-6-12-33(13-7-2)23(35)15-22-25(32-26-21(30)14-19(29)17-34(22)26)18-8-10-20(11-9-18)38-24(36)16-31-27(37)39-28(3,4)5/h8-11,14,17H,6-7,12-13,15-16H2,1-5H3,(H,31,37). The van der Waals surface area contributed by atoms with Gasteiger partial charge in [0.15, 0.2) is 5.65 Å². The second-order valence-corrected chi connectivity index (χ2v) is 10.9. The van der Waals surface area contributed by atoms with Crippen LogP contribution in [0.25, 0.3) is 16.9 Å². The summed E-state index contributed by atoms with van der Waals surface area (Å²) in [6.07, 6.45) is 2.81. The lowest BCUT2D eigenvalue weighted by Gasteiger charge is -2.21. The van der Waals surface area contributed by atoms with Crippen molar-refractivity contribution >= 4 is 46.8 Å². The Bertz CT molecular complexity index is 1330. The lowest BCUT2D eigenvalue weighted by molar-refractivity contribution is -0.133. The molecule has 9 nitrogen and oxygen atoms in total. The predicted molar refractivity (Wildman–Crippen MR) is 151 cm³/mol. The van der Waals surface area contributed by atoms with Crippen LogP contribution in [0.2, 0.25) is 10.0 Å². The van der Waals surface area contributed by atoms with Crippen LogP contribution in [0.15, 0.2) is 36.5 Å². The minimum atomic E-state index is -0.709. The van der Waals surface area contributed by atoms with Crippen LogP contribution in [0.1, 0.15) is 53.2 Å². The fourth-order valence-corrected chi connectivity index (χ4v) is 4.50. The summed E-state index contributed by atoms with van der Waals surface area (Å²) in [6, 6.07) is 8.32. The highest BCUT2D eigenvalue weighted by atomic mass is 35.5. The topological polar surface area (TPSA) is 102 Å². The number of pyridine rings is 1. The second-order valence-electron chi connectivity index (χ2n) is 10.0. The monoisotopic (exact) mass is 576 g/mol. The number of benzene rings is 1. The minimum absolute atomic E-state index is 0.0131. The summed E-state index contributed by atoms with van der Waals surface area (Å²) in [5.41, 5.74) is 1.75. The van der Waals surface area contributed by atoms with Gasteiger partial charge in [0.2, 0.25) is 5.91 Å². The van der Waals surface area contributed by atoms with Gasteiger partial charge in [-0.1, -0.05) is 37.0 Å². The first-order chi connectivity index (χ1) is 18.4. The van der Waals surface area contributed by atoms with Crippen LogP contribution in [-0.2, 0) is 20.7 Å². The van der Waals surface area contributed by atoms with Crippen LogP contribution in [0, 0.1) is 0 Å². The minimum Gasteiger partial charge on any atom is -0.444 e. The predicted octanol–water partition coefficient (Wildman–Crippen LogP) is 5.93. The van der Waals surface area contributed by atoms with Crippen molar-refractivity contribution in [2.24, 2.45) is 0 Å². The molecule has 0 saturated heterocycles. The van der Waals surface area contributed by atoms with Crippen molar-refractivity contribution in [3.63, 3.8) is 0 Å². The van der Waals surface area contributed by atoms with E-state index in [2.05, 4.69) is 5.32 Å². The maximum absolute atomic E-state index is 13.3. The average molecular weight is 578 g/mol. The number of aromatic nitrogens is 2. The van der Waals surface area contributed by atoms with Crippen molar-refractivity contribution in [2.75, 3.05) is 19.6 Å². The molecule has 1 aromatic carbocycles. The Labute approximate surface area is 238 Å². The molecule has 11 heteroatoms. The number of nitrogens with zero attached hydrogens (tertiary/aromatic N) is 3. The molecule has 0 aliphatic carbocycles. The molecule has 39 heavy (non-hydrogen) atoms.